The molecule has 32 heavy (non-hydrogen) atoms. The Kier molecular flexibility index (Phi) is 5.42. The number of nitrogens with zero attached hydrogens (tertiary/aromatic N) is 1. The Labute approximate surface area is 189 Å². The Morgan fingerprint density at radius 3 is 1.44 bits per heavy atom. The summed E-state index contributed by atoms with van der Waals surface area (Å²) < 4.78 is 0. The van der Waals surface area contributed by atoms with Gasteiger partial charge in [0.05, 0.1) is 11.4 Å². The van der Waals surface area contributed by atoms with E-state index in [2.05, 4.69) is 108 Å². The van der Waals surface area contributed by atoms with Gasteiger partial charge in [0.2, 0.25) is 0 Å². The van der Waals surface area contributed by atoms with Gasteiger partial charge >= 0.3 is 0 Å². The molecule has 0 aliphatic rings. The second-order valence-corrected chi connectivity index (χ2v) is 7.69. The summed E-state index contributed by atoms with van der Waals surface area (Å²) in [5, 5.41) is 0. The quantitative estimate of drug-likeness (QED) is 0.296. The van der Waals surface area contributed by atoms with Crippen LogP contribution in [0.5, 0.6) is 0 Å². The maximum atomic E-state index is 6.61. The molecule has 0 spiro atoms. The van der Waals surface area contributed by atoms with Gasteiger partial charge in [0.25, 0.3) is 0 Å². The zero-order valence-electron chi connectivity index (χ0n) is 17.7. The Morgan fingerprint density at radius 1 is 0.406 bits per heavy atom. The second-order valence-electron chi connectivity index (χ2n) is 7.69. The molecular formula is C30H24N2. The van der Waals surface area contributed by atoms with E-state index in [1.165, 1.54) is 11.1 Å². The lowest BCUT2D eigenvalue weighted by atomic mass is 9.97. The molecule has 0 atom stereocenters. The predicted octanol–water partition coefficient (Wildman–Crippen LogP) is 8.07. The first kappa shape index (κ1) is 19.7. The standard InChI is InChI=1S/C30H24N2/c31-29-18-10-17-28(25-21-19-24(20-22-25)23-11-4-1-5-12-23)30(29)32(26-13-6-2-7-14-26)27-15-8-3-9-16-27/h1-22H,31H2. The van der Waals surface area contributed by atoms with Gasteiger partial charge in [0.15, 0.2) is 0 Å². The van der Waals surface area contributed by atoms with Gasteiger partial charge in [0, 0.05) is 16.9 Å². The van der Waals surface area contributed by atoms with Crippen LogP contribution in [-0.4, -0.2) is 0 Å². The van der Waals surface area contributed by atoms with Crippen molar-refractivity contribution in [2.75, 3.05) is 10.6 Å². The van der Waals surface area contributed by atoms with E-state index in [9.17, 15) is 0 Å². The lowest BCUT2D eigenvalue weighted by Crippen LogP contribution is -2.13. The van der Waals surface area contributed by atoms with E-state index in [-0.39, 0.29) is 0 Å². The van der Waals surface area contributed by atoms with Gasteiger partial charge in [-0.3, -0.25) is 0 Å². The summed E-state index contributed by atoms with van der Waals surface area (Å²) in [6.45, 7) is 0. The van der Waals surface area contributed by atoms with Crippen molar-refractivity contribution in [3.63, 3.8) is 0 Å². The Hall–Kier alpha value is -4.30. The van der Waals surface area contributed by atoms with E-state index in [0.717, 1.165) is 33.9 Å². The number of benzene rings is 5. The topological polar surface area (TPSA) is 29.3 Å². The minimum atomic E-state index is 0.738. The average Bonchev–Trinajstić information content (AvgIpc) is 2.87. The SMILES string of the molecule is Nc1cccc(-c2ccc(-c3ccccc3)cc2)c1N(c1ccccc1)c1ccccc1. The van der Waals surface area contributed by atoms with Crippen LogP contribution >= 0.6 is 0 Å². The molecule has 5 aromatic rings. The molecule has 154 valence electrons. The lowest BCUT2D eigenvalue weighted by Gasteiger charge is -2.29. The van der Waals surface area contributed by atoms with Crippen LogP contribution in [0, 0.1) is 0 Å². The molecular weight excluding hydrogens is 388 g/mol. The fourth-order valence-electron chi connectivity index (χ4n) is 4.08. The van der Waals surface area contributed by atoms with E-state index >= 15 is 0 Å². The van der Waals surface area contributed by atoms with Gasteiger partial charge in [0.1, 0.15) is 0 Å². The number of anilines is 4. The summed E-state index contributed by atoms with van der Waals surface area (Å²) in [4.78, 5) is 2.23. The minimum absolute atomic E-state index is 0.738. The van der Waals surface area contributed by atoms with Gasteiger partial charge in [-0.05, 0) is 47.0 Å². The molecule has 0 saturated carbocycles. The van der Waals surface area contributed by atoms with Crippen LogP contribution in [0.1, 0.15) is 0 Å². The van der Waals surface area contributed by atoms with Gasteiger partial charge in [-0.15, -0.1) is 0 Å². The first-order valence-electron chi connectivity index (χ1n) is 10.8. The lowest BCUT2D eigenvalue weighted by molar-refractivity contribution is 1.28. The monoisotopic (exact) mass is 412 g/mol. The Balaban J connectivity index is 1.65. The van der Waals surface area contributed by atoms with Gasteiger partial charge in [-0.25, -0.2) is 0 Å². The van der Waals surface area contributed by atoms with Crippen molar-refractivity contribution in [3.05, 3.63) is 133 Å². The molecule has 0 radical (unpaired) electrons. The number of hydrogen-bond acceptors (Lipinski definition) is 2. The first-order valence-corrected chi connectivity index (χ1v) is 10.8. The minimum Gasteiger partial charge on any atom is -0.397 e. The van der Waals surface area contributed by atoms with Crippen molar-refractivity contribution >= 4 is 22.7 Å². The zero-order valence-corrected chi connectivity index (χ0v) is 17.7. The smallest absolute Gasteiger partial charge is 0.0770 e. The van der Waals surface area contributed by atoms with E-state index in [1.54, 1.807) is 0 Å². The molecule has 0 aromatic heterocycles. The summed E-state index contributed by atoms with van der Waals surface area (Å²) in [7, 11) is 0. The number of para-hydroxylation sites is 3. The summed E-state index contributed by atoms with van der Waals surface area (Å²) in [6, 6.07) is 46.0. The molecule has 0 aliphatic carbocycles. The van der Waals surface area contributed by atoms with Gasteiger partial charge in [-0.2, -0.15) is 0 Å². The number of nitrogen functional groups attached to an aromatic ring is 1. The summed E-state index contributed by atoms with van der Waals surface area (Å²) in [5.41, 5.74) is 15.1. The molecule has 0 fully saturated rings. The highest BCUT2D eigenvalue weighted by Crippen LogP contribution is 2.44. The molecule has 0 unspecified atom stereocenters. The van der Waals surface area contributed by atoms with Crippen LogP contribution in [-0.2, 0) is 0 Å². The Bertz CT molecular complexity index is 1260. The summed E-state index contributed by atoms with van der Waals surface area (Å²) in [6.07, 6.45) is 0. The Morgan fingerprint density at radius 2 is 0.875 bits per heavy atom. The molecule has 2 N–H and O–H groups in total. The van der Waals surface area contributed by atoms with Crippen LogP contribution in [0.4, 0.5) is 22.7 Å². The van der Waals surface area contributed by atoms with E-state index in [1.807, 2.05) is 30.3 Å². The highest BCUT2D eigenvalue weighted by atomic mass is 15.2. The third-order valence-corrected chi connectivity index (χ3v) is 5.62. The third kappa shape index (κ3) is 3.86. The number of nitrogens with two attached hydrogens (primary N) is 1. The van der Waals surface area contributed by atoms with Gasteiger partial charge < -0.3 is 10.6 Å². The fourth-order valence-corrected chi connectivity index (χ4v) is 4.08. The van der Waals surface area contributed by atoms with E-state index < -0.39 is 0 Å². The largest absolute Gasteiger partial charge is 0.397 e. The van der Waals surface area contributed by atoms with Crippen LogP contribution in [0.25, 0.3) is 22.3 Å². The highest BCUT2D eigenvalue weighted by molar-refractivity contribution is 5.94. The van der Waals surface area contributed by atoms with Crippen molar-refractivity contribution in [1.82, 2.24) is 0 Å². The van der Waals surface area contributed by atoms with E-state index in [0.29, 0.717) is 0 Å². The van der Waals surface area contributed by atoms with Crippen LogP contribution in [0.3, 0.4) is 0 Å². The maximum Gasteiger partial charge on any atom is 0.0770 e. The first-order chi connectivity index (χ1) is 15.8. The van der Waals surface area contributed by atoms with Crippen molar-refractivity contribution < 1.29 is 0 Å². The molecule has 5 aromatic carbocycles. The maximum absolute atomic E-state index is 6.61. The predicted molar refractivity (Wildman–Crippen MR) is 136 cm³/mol. The van der Waals surface area contributed by atoms with Crippen molar-refractivity contribution in [1.29, 1.82) is 0 Å². The molecule has 0 amide bonds. The fraction of sp³-hybridized carbons (Fsp3) is 0. The molecule has 0 heterocycles. The van der Waals surface area contributed by atoms with Crippen molar-refractivity contribution in [2.45, 2.75) is 0 Å². The summed E-state index contributed by atoms with van der Waals surface area (Å²) in [5.74, 6) is 0. The molecule has 0 bridgehead atoms. The molecule has 0 aliphatic heterocycles. The van der Waals surface area contributed by atoms with Crippen LogP contribution < -0.4 is 10.6 Å². The molecule has 0 saturated heterocycles. The normalized spacial score (nSPS) is 10.6. The van der Waals surface area contributed by atoms with Crippen LogP contribution in [0.2, 0.25) is 0 Å². The summed E-state index contributed by atoms with van der Waals surface area (Å²) >= 11 is 0. The third-order valence-electron chi connectivity index (χ3n) is 5.62. The van der Waals surface area contributed by atoms with Crippen molar-refractivity contribution in [2.24, 2.45) is 0 Å². The highest BCUT2D eigenvalue weighted by Gasteiger charge is 2.19. The second kappa shape index (κ2) is 8.83. The molecule has 2 heteroatoms. The van der Waals surface area contributed by atoms with E-state index in [4.69, 9.17) is 5.73 Å². The van der Waals surface area contributed by atoms with Crippen molar-refractivity contribution in [3.8, 4) is 22.3 Å². The zero-order chi connectivity index (χ0) is 21.8. The average molecular weight is 413 g/mol. The van der Waals surface area contributed by atoms with Gasteiger partial charge in [-0.1, -0.05) is 103 Å². The number of hydrogen-bond donors (Lipinski definition) is 1. The van der Waals surface area contributed by atoms with Crippen LogP contribution in [0.15, 0.2) is 133 Å². The number of rotatable bonds is 5. The molecule has 2 nitrogen and oxygen atoms in total. The molecule has 5 rings (SSSR count).